The van der Waals surface area contributed by atoms with Crippen LogP contribution in [-0.4, -0.2) is 41.7 Å². The third-order valence-corrected chi connectivity index (χ3v) is 3.94. The molecule has 6 heteroatoms. The number of benzene rings is 1. The molecule has 1 amide bonds. The molecule has 1 fully saturated rings. The Morgan fingerprint density at radius 1 is 1.24 bits per heavy atom. The highest BCUT2D eigenvalue weighted by Crippen LogP contribution is 2.25. The highest BCUT2D eigenvalue weighted by Gasteiger charge is 2.39. The Labute approximate surface area is 122 Å². The molecule has 110 valence electrons. The quantitative estimate of drug-likeness (QED) is 0.890. The van der Waals surface area contributed by atoms with Gasteiger partial charge in [-0.2, -0.15) is 0 Å². The lowest BCUT2D eigenvalue weighted by Gasteiger charge is -2.34. The highest BCUT2D eigenvalue weighted by atomic mass is 16.5. The molecule has 2 heterocycles. The van der Waals surface area contributed by atoms with Crippen LogP contribution in [0.25, 0.3) is 11.0 Å². The second-order valence-corrected chi connectivity index (χ2v) is 5.16. The number of hydrogen-bond donors (Lipinski definition) is 2. The summed E-state index contributed by atoms with van der Waals surface area (Å²) in [7, 11) is 1.59. The Morgan fingerprint density at radius 3 is 2.67 bits per heavy atom. The van der Waals surface area contributed by atoms with Crippen molar-refractivity contribution >= 4 is 22.6 Å². The van der Waals surface area contributed by atoms with E-state index in [2.05, 4.69) is 20.6 Å². The molecule has 1 saturated heterocycles. The van der Waals surface area contributed by atoms with Gasteiger partial charge >= 0.3 is 0 Å². The summed E-state index contributed by atoms with van der Waals surface area (Å²) in [5.41, 5.74) is 1.52. The molecule has 0 atom stereocenters. The highest BCUT2D eigenvalue weighted by molar-refractivity contribution is 5.98. The molecule has 2 N–H and O–H groups in total. The first-order chi connectivity index (χ1) is 10.2. The van der Waals surface area contributed by atoms with E-state index < -0.39 is 5.60 Å². The van der Waals surface area contributed by atoms with Gasteiger partial charge in [-0.25, -0.2) is 0 Å². The fourth-order valence-corrected chi connectivity index (χ4v) is 2.64. The zero-order chi connectivity index (χ0) is 14.7. The fourth-order valence-electron chi connectivity index (χ4n) is 2.64. The SMILES string of the molecule is COC1(C(=O)Nc2ccc3nccnc3c2)CCNCC1. The average molecular weight is 286 g/mol. The van der Waals surface area contributed by atoms with Crippen LogP contribution in [0.4, 0.5) is 5.69 Å². The van der Waals surface area contributed by atoms with E-state index in [0.29, 0.717) is 18.5 Å². The van der Waals surface area contributed by atoms with Crippen molar-refractivity contribution < 1.29 is 9.53 Å². The number of carbonyl (C=O) groups excluding carboxylic acids is 1. The van der Waals surface area contributed by atoms with E-state index in [4.69, 9.17) is 4.74 Å². The third-order valence-electron chi connectivity index (χ3n) is 3.94. The molecule has 1 aromatic heterocycles. The van der Waals surface area contributed by atoms with Crippen LogP contribution >= 0.6 is 0 Å². The molecular weight excluding hydrogens is 268 g/mol. The van der Waals surface area contributed by atoms with Gasteiger partial charge in [-0.1, -0.05) is 0 Å². The number of fused-ring (bicyclic) bond motifs is 1. The number of nitrogens with one attached hydrogen (secondary N) is 2. The van der Waals surface area contributed by atoms with E-state index in [0.717, 1.165) is 24.1 Å². The molecule has 0 spiro atoms. The number of nitrogens with zero attached hydrogens (tertiary/aromatic N) is 2. The van der Waals surface area contributed by atoms with Crippen molar-refractivity contribution in [2.45, 2.75) is 18.4 Å². The summed E-state index contributed by atoms with van der Waals surface area (Å²) >= 11 is 0. The van der Waals surface area contributed by atoms with Gasteiger partial charge in [-0.05, 0) is 44.1 Å². The predicted octanol–water partition coefficient (Wildman–Crippen LogP) is 1.34. The first-order valence-corrected chi connectivity index (χ1v) is 7.02. The number of anilines is 1. The summed E-state index contributed by atoms with van der Waals surface area (Å²) in [6.07, 6.45) is 4.62. The zero-order valence-electron chi connectivity index (χ0n) is 11.9. The largest absolute Gasteiger partial charge is 0.368 e. The van der Waals surface area contributed by atoms with E-state index in [1.807, 2.05) is 18.2 Å². The van der Waals surface area contributed by atoms with E-state index in [-0.39, 0.29) is 5.91 Å². The zero-order valence-corrected chi connectivity index (χ0v) is 11.9. The van der Waals surface area contributed by atoms with Crippen molar-refractivity contribution in [3.63, 3.8) is 0 Å². The van der Waals surface area contributed by atoms with E-state index in [9.17, 15) is 4.79 Å². The first-order valence-electron chi connectivity index (χ1n) is 7.02. The van der Waals surface area contributed by atoms with Crippen molar-refractivity contribution in [2.75, 3.05) is 25.5 Å². The molecular formula is C15H18N4O2. The summed E-state index contributed by atoms with van der Waals surface area (Å²) < 4.78 is 5.52. The van der Waals surface area contributed by atoms with Crippen LogP contribution < -0.4 is 10.6 Å². The van der Waals surface area contributed by atoms with E-state index in [1.165, 1.54) is 0 Å². The molecule has 3 rings (SSSR count). The number of amides is 1. The van der Waals surface area contributed by atoms with Gasteiger partial charge in [-0.3, -0.25) is 14.8 Å². The minimum atomic E-state index is -0.747. The molecule has 0 saturated carbocycles. The van der Waals surface area contributed by atoms with Crippen molar-refractivity contribution in [3.8, 4) is 0 Å². The number of rotatable bonds is 3. The lowest BCUT2D eigenvalue weighted by atomic mass is 9.91. The van der Waals surface area contributed by atoms with E-state index in [1.54, 1.807) is 19.5 Å². The fraction of sp³-hybridized carbons (Fsp3) is 0.400. The van der Waals surface area contributed by atoms with Crippen LogP contribution in [-0.2, 0) is 9.53 Å². The van der Waals surface area contributed by atoms with Crippen LogP contribution in [0.5, 0.6) is 0 Å². The summed E-state index contributed by atoms with van der Waals surface area (Å²) in [6, 6.07) is 5.50. The van der Waals surface area contributed by atoms with Gasteiger partial charge in [0.05, 0.1) is 11.0 Å². The first kappa shape index (κ1) is 13.9. The van der Waals surface area contributed by atoms with Gasteiger partial charge in [0.2, 0.25) is 0 Å². The molecule has 0 radical (unpaired) electrons. The molecule has 1 aromatic carbocycles. The summed E-state index contributed by atoms with van der Waals surface area (Å²) in [4.78, 5) is 21.0. The number of methoxy groups -OCH3 is 1. The maximum atomic E-state index is 12.6. The summed E-state index contributed by atoms with van der Waals surface area (Å²) in [5.74, 6) is -0.102. The summed E-state index contributed by atoms with van der Waals surface area (Å²) in [5, 5.41) is 6.17. The minimum Gasteiger partial charge on any atom is -0.368 e. The number of hydrogen-bond acceptors (Lipinski definition) is 5. The smallest absolute Gasteiger partial charge is 0.256 e. The van der Waals surface area contributed by atoms with Crippen LogP contribution in [0, 0.1) is 0 Å². The average Bonchev–Trinajstić information content (AvgIpc) is 2.55. The molecule has 1 aliphatic rings. The van der Waals surface area contributed by atoms with Crippen LogP contribution in [0.3, 0.4) is 0 Å². The molecule has 2 aromatic rings. The standard InChI is InChI=1S/C15H18N4O2/c1-21-15(4-6-16-7-5-15)14(20)19-11-2-3-12-13(10-11)18-9-8-17-12/h2-3,8-10,16H,4-7H2,1H3,(H,19,20). The van der Waals surface area contributed by atoms with Gasteiger partial charge in [0.25, 0.3) is 5.91 Å². The monoisotopic (exact) mass is 286 g/mol. The Hall–Kier alpha value is -2.05. The molecule has 0 bridgehead atoms. The van der Waals surface area contributed by atoms with Gasteiger partial charge in [-0.15, -0.1) is 0 Å². The third kappa shape index (κ3) is 2.72. The topological polar surface area (TPSA) is 76.1 Å². The normalized spacial score (nSPS) is 17.6. The summed E-state index contributed by atoms with van der Waals surface area (Å²) in [6.45, 7) is 1.56. The Balaban J connectivity index is 1.81. The van der Waals surface area contributed by atoms with Crippen molar-refractivity contribution in [1.82, 2.24) is 15.3 Å². The second-order valence-electron chi connectivity index (χ2n) is 5.16. The lowest BCUT2D eigenvalue weighted by Crippen LogP contribution is -2.51. The Morgan fingerprint density at radius 2 is 1.95 bits per heavy atom. The van der Waals surface area contributed by atoms with Gasteiger partial charge < -0.3 is 15.4 Å². The Bertz CT molecular complexity index is 653. The molecule has 0 unspecified atom stereocenters. The second kappa shape index (κ2) is 5.75. The van der Waals surface area contributed by atoms with Crippen molar-refractivity contribution in [3.05, 3.63) is 30.6 Å². The number of carbonyl (C=O) groups is 1. The minimum absolute atomic E-state index is 0.102. The van der Waals surface area contributed by atoms with E-state index >= 15 is 0 Å². The number of aromatic nitrogens is 2. The molecule has 21 heavy (non-hydrogen) atoms. The molecule has 1 aliphatic heterocycles. The van der Waals surface area contributed by atoms with Crippen LogP contribution in [0.1, 0.15) is 12.8 Å². The lowest BCUT2D eigenvalue weighted by molar-refractivity contribution is -0.140. The predicted molar refractivity (Wildman–Crippen MR) is 80.0 cm³/mol. The maximum Gasteiger partial charge on any atom is 0.256 e. The van der Waals surface area contributed by atoms with Gasteiger partial charge in [0, 0.05) is 25.2 Å². The maximum absolute atomic E-state index is 12.6. The number of piperidine rings is 1. The van der Waals surface area contributed by atoms with Crippen molar-refractivity contribution in [1.29, 1.82) is 0 Å². The van der Waals surface area contributed by atoms with Gasteiger partial charge in [0.1, 0.15) is 5.60 Å². The van der Waals surface area contributed by atoms with Crippen LogP contribution in [0.15, 0.2) is 30.6 Å². The van der Waals surface area contributed by atoms with Crippen LogP contribution in [0.2, 0.25) is 0 Å². The number of ether oxygens (including phenoxy) is 1. The van der Waals surface area contributed by atoms with Crippen molar-refractivity contribution in [2.24, 2.45) is 0 Å². The molecule has 6 nitrogen and oxygen atoms in total. The molecule has 0 aliphatic carbocycles. The Kier molecular flexibility index (Phi) is 3.81. The van der Waals surface area contributed by atoms with Gasteiger partial charge in [0.15, 0.2) is 0 Å².